The zero-order valence-electron chi connectivity index (χ0n) is 12.1. The molecule has 19 heavy (non-hydrogen) atoms. The summed E-state index contributed by atoms with van der Waals surface area (Å²) < 4.78 is 1.75. The summed E-state index contributed by atoms with van der Waals surface area (Å²) in [5.41, 5.74) is 0.980. The molecule has 1 heterocycles. The SMILES string of the molecule is Cc1nn(C(C)(C)C)cc1C(=O)N(C)CCC(=O)O. The summed E-state index contributed by atoms with van der Waals surface area (Å²) in [6.07, 6.45) is 1.66. The molecule has 1 N–H and O–H groups in total. The third-order valence-corrected chi connectivity index (χ3v) is 2.82. The van der Waals surface area contributed by atoms with Crippen LogP contribution < -0.4 is 0 Å². The fourth-order valence-corrected chi connectivity index (χ4v) is 1.58. The summed E-state index contributed by atoms with van der Waals surface area (Å²) in [6, 6.07) is 0. The first-order valence-corrected chi connectivity index (χ1v) is 6.17. The van der Waals surface area contributed by atoms with E-state index in [1.165, 1.54) is 4.90 Å². The first kappa shape index (κ1) is 15.2. The normalized spacial score (nSPS) is 11.4. The van der Waals surface area contributed by atoms with Gasteiger partial charge in [-0.2, -0.15) is 5.10 Å². The maximum Gasteiger partial charge on any atom is 0.305 e. The van der Waals surface area contributed by atoms with Gasteiger partial charge in [0.25, 0.3) is 5.91 Å². The summed E-state index contributed by atoms with van der Waals surface area (Å²) in [5, 5.41) is 13.0. The molecular formula is C13H21N3O3. The molecule has 1 aromatic rings. The second-order valence-corrected chi connectivity index (χ2v) is 5.61. The lowest BCUT2D eigenvalue weighted by Crippen LogP contribution is -2.29. The van der Waals surface area contributed by atoms with E-state index in [4.69, 9.17) is 5.11 Å². The van der Waals surface area contributed by atoms with E-state index in [9.17, 15) is 9.59 Å². The summed E-state index contributed by atoms with van der Waals surface area (Å²) in [5.74, 6) is -1.11. The number of aryl methyl sites for hydroxylation is 1. The molecule has 0 aliphatic carbocycles. The molecule has 0 radical (unpaired) electrons. The lowest BCUT2D eigenvalue weighted by Gasteiger charge is -2.19. The summed E-state index contributed by atoms with van der Waals surface area (Å²) >= 11 is 0. The van der Waals surface area contributed by atoms with Crippen LogP contribution in [0.15, 0.2) is 6.20 Å². The van der Waals surface area contributed by atoms with Crippen molar-refractivity contribution in [2.45, 2.75) is 39.7 Å². The van der Waals surface area contributed by atoms with Crippen LogP contribution in [0, 0.1) is 6.92 Å². The molecule has 1 rings (SSSR count). The molecule has 0 fully saturated rings. The number of carbonyl (C=O) groups excluding carboxylic acids is 1. The van der Waals surface area contributed by atoms with Crippen LogP contribution in [0.4, 0.5) is 0 Å². The maximum absolute atomic E-state index is 12.2. The number of carboxylic acid groups (broad SMARTS) is 1. The van der Waals surface area contributed by atoms with Crippen molar-refractivity contribution in [1.82, 2.24) is 14.7 Å². The Kier molecular flexibility index (Phi) is 4.34. The Labute approximate surface area is 113 Å². The van der Waals surface area contributed by atoms with Crippen LogP contribution in [0.1, 0.15) is 43.2 Å². The first-order valence-electron chi connectivity index (χ1n) is 6.17. The number of nitrogens with zero attached hydrogens (tertiary/aromatic N) is 3. The van der Waals surface area contributed by atoms with Gasteiger partial charge in [0.2, 0.25) is 0 Å². The number of carboxylic acids is 1. The van der Waals surface area contributed by atoms with Gasteiger partial charge in [0, 0.05) is 19.8 Å². The molecule has 0 unspecified atom stereocenters. The van der Waals surface area contributed by atoms with E-state index in [-0.39, 0.29) is 24.4 Å². The van der Waals surface area contributed by atoms with Crippen LogP contribution in [-0.2, 0) is 10.3 Å². The lowest BCUT2D eigenvalue weighted by atomic mass is 10.1. The largest absolute Gasteiger partial charge is 0.481 e. The Hall–Kier alpha value is -1.85. The molecule has 6 nitrogen and oxygen atoms in total. The standard InChI is InChI=1S/C13H21N3O3/c1-9-10(8-16(14-9)13(2,3)4)12(19)15(5)7-6-11(17)18/h8H,6-7H2,1-5H3,(H,17,18). The van der Waals surface area contributed by atoms with Gasteiger partial charge in [0.05, 0.1) is 23.2 Å². The number of hydrogen-bond acceptors (Lipinski definition) is 3. The van der Waals surface area contributed by atoms with Crippen molar-refractivity contribution in [2.24, 2.45) is 0 Å². The minimum Gasteiger partial charge on any atom is -0.481 e. The fraction of sp³-hybridized carbons (Fsp3) is 0.615. The maximum atomic E-state index is 12.2. The van der Waals surface area contributed by atoms with E-state index in [2.05, 4.69) is 5.10 Å². The Morgan fingerprint density at radius 3 is 2.42 bits per heavy atom. The summed E-state index contributed by atoms with van der Waals surface area (Å²) in [4.78, 5) is 24.1. The van der Waals surface area contributed by atoms with Crippen molar-refractivity contribution in [3.63, 3.8) is 0 Å². The smallest absolute Gasteiger partial charge is 0.305 e. The number of carbonyl (C=O) groups is 2. The van der Waals surface area contributed by atoms with Crippen molar-refractivity contribution in [1.29, 1.82) is 0 Å². The van der Waals surface area contributed by atoms with Gasteiger partial charge in [-0.05, 0) is 27.7 Å². The lowest BCUT2D eigenvalue weighted by molar-refractivity contribution is -0.137. The average Bonchev–Trinajstić information content (AvgIpc) is 2.66. The number of rotatable bonds is 4. The Balaban J connectivity index is 2.88. The minimum atomic E-state index is -0.915. The van der Waals surface area contributed by atoms with E-state index in [1.54, 1.807) is 24.9 Å². The molecule has 0 saturated carbocycles. The van der Waals surface area contributed by atoms with E-state index in [0.717, 1.165) is 0 Å². The van der Waals surface area contributed by atoms with E-state index in [0.29, 0.717) is 11.3 Å². The molecule has 0 aliphatic heterocycles. The van der Waals surface area contributed by atoms with Gasteiger partial charge in [0.1, 0.15) is 0 Å². The molecule has 0 spiro atoms. The Morgan fingerprint density at radius 2 is 2.00 bits per heavy atom. The first-order chi connectivity index (χ1) is 8.62. The molecule has 6 heteroatoms. The highest BCUT2D eigenvalue weighted by atomic mass is 16.4. The molecule has 0 aromatic carbocycles. The molecular weight excluding hydrogens is 246 g/mol. The van der Waals surface area contributed by atoms with E-state index in [1.807, 2.05) is 20.8 Å². The van der Waals surface area contributed by atoms with Crippen LogP contribution in [0.3, 0.4) is 0 Å². The highest BCUT2D eigenvalue weighted by Gasteiger charge is 2.22. The number of aromatic nitrogens is 2. The monoisotopic (exact) mass is 267 g/mol. The summed E-state index contributed by atoms with van der Waals surface area (Å²) in [7, 11) is 1.60. The second kappa shape index (κ2) is 5.42. The van der Waals surface area contributed by atoms with Crippen molar-refractivity contribution >= 4 is 11.9 Å². The van der Waals surface area contributed by atoms with Gasteiger partial charge < -0.3 is 10.0 Å². The van der Waals surface area contributed by atoms with Crippen LogP contribution in [0.5, 0.6) is 0 Å². The zero-order chi connectivity index (χ0) is 14.8. The number of aliphatic carboxylic acids is 1. The average molecular weight is 267 g/mol. The molecule has 0 atom stereocenters. The van der Waals surface area contributed by atoms with Crippen molar-refractivity contribution in [3.8, 4) is 0 Å². The van der Waals surface area contributed by atoms with Crippen molar-refractivity contribution in [2.75, 3.05) is 13.6 Å². The van der Waals surface area contributed by atoms with Gasteiger partial charge in [-0.25, -0.2) is 0 Å². The quantitative estimate of drug-likeness (QED) is 0.896. The van der Waals surface area contributed by atoms with Crippen molar-refractivity contribution < 1.29 is 14.7 Å². The molecule has 0 bridgehead atoms. The number of hydrogen-bond donors (Lipinski definition) is 1. The Bertz CT molecular complexity index is 486. The van der Waals surface area contributed by atoms with Gasteiger partial charge in [-0.1, -0.05) is 0 Å². The van der Waals surface area contributed by atoms with Crippen LogP contribution in [0.25, 0.3) is 0 Å². The Morgan fingerprint density at radius 1 is 1.42 bits per heavy atom. The molecule has 1 amide bonds. The van der Waals surface area contributed by atoms with E-state index >= 15 is 0 Å². The highest BCUT2D eigenvalue weighted by Crippen LogP contribution is 2.17. The topological polar surface area (TPSA) is 75.4 Å². The van der Waals surface area contributed by atoms with Crippen LogP contribution in [-0.4, -0.2) is 45.3 Å². The van der Waals surface area contributed by atoms with E-state index < -0.39 is 5.97 Å². The van der Waals surface area contributed by atoms with Gasteiger partial charge in [0.15, 0.2) is 0 Å². The molecule has 1 aromatic heterocycles. The molecule has 106 valence electrons. The third-order valence-electron chi connectivity index (χ3n) is 2.82. The highest BCUT2D eigenvalue weighted by molar-refractivity contribution is 5.95. The zero-order valence-corrected chi connectivity index (χ0v) is 12.1. The molecule has 0 aliphatic rings. The van der Waals surface area contributed by atoms with Crippen molar-refractivity contribution in [3.05, 3.63) is 17.5 Å². The predicted molar refractivity (Wildman–Crippen MR) is 71.2 cm³/mol. The molecule has 0 saturated heterocycles. The van der Waals surface area contributed by atoms with Gasteiger partial charge >= 0.3 is 5.97 Å². The van der Waals surface area contributed by atoms with Crippen LogP contribution >= 0.6 is 0 Å². The fourth-order valence-electron chi connectivity index (χ4n) is 1.58. The minimum absolute atomic E-state index is 0.0608. The van der Waals surface area contributed by atoms with Gasteiger partial charge in [-0.3, -0.25) is 14.3 Å². The van der Waals surface area contributed by atoms with Gasteiger partial charge in [-0.15, -0.1) is 0 Å². The second-order valence-electron chi connectivity index (χ2n) is 5.61. The third kappa shape index (κ3) is 3.81. The summed E-state index contributed by atoms with van der Waals surface area (Å²) in [6.45, 7) is 7.97. The number of amides is 1. The predicted octanol–water partition coefficient (Wildman–Crippen LogP) is 1.49. The van der Waals surface area contributed by atoms with Crippen LogP contribution in [0.2, 0.25) is 0 Å².